The minimum Gasteiger partial charge on any atom is -0.494 e. The first kappa shape index (κ1) is 13.9. The zero-order valence-electron chi connectivity index (χ0n) is 10.2. The molecule has 2 aromatic rings. The smallest absolute Gasteiger partial charge is 0.120 e. The van der Waals surface area contributed by atoms with E-state index in [1.165, 1.54) is 9.75 Å². The number of hydrogen-bond donors (Lipinski definition) is 0. The van der Waals surface area contributed by atoms with Crippen molar-refractivity contribution in [3.8, 4) is 5.75 Å². The van der Waals surface area contributed by atoms with Gasteiger partial charge in [0.05, 0.1) is 12.0 Å². The molecule has 0 saturated heterocycles. The Labute approximate surface area is 125 Å². The van der Waals surface area contributed by atoms with E-state index in [-0.39, 0.29) is 5.38 Å². The predicted octanol–water partition coefficient (Wildman–Crippen LogP) is 5.55. The van der Waals surface area contributed by atoms with Crippen molar-refractivity contribution in [2.24, 2.45) is 0 Å². The van der Waals surface area contributed by atoms with Crippen molar-refractivity contribution >= 4 is 38.9 Å². The van der Waals surface area contributed by atoms with Gasteiger partial charge in [0.15, 0.2) is 0 Å². The lowest BCUT2D eigenvalue weighted by Crippen LogP contribution is -1.95. The number of alkyl halides is 1. The van der Waals surface area contributed by atoms with Crippen molar-refractivity contribution < 1.29 is 4.74 Å². The highest BCUT2D eigenvalue weighted by molar-refractivity contribution is 9.10. The summed E-state index contributed by atoms with van der Waals surface area (Å²) in [6.45, 7) is 4.73. The molecule has 1 aromatic carbocycles. The van der Waals surface area contributed by atoms with Gasteiger partial charge >= 0.3 is 0 Å². The molecule has 18 heavy (non-hydrogen) atoms. The lowest BCUT2D eigenvalue weighted by molar-refractivity contribution is 0.340. The molecule has 0 saturated carbocycles. The van der Waals surface area contributed by atoms with Gasteiger partial charge in [0, 0.05) is 14.2 Å². The first-order valence-corrected chi connectivity index (χ1v) is 7.79. The van der Waals surface area contributed by atoms with Crippen LogP contribution < -0.4 is 4.74 Å². The molecule has 0 amide bonds. The van der Waals surface area contributed by atoms with Crippen molar-refractivity contribution in [3.05, 3.63) is 50.1 Å². The van der Waals surface area contributed by atoms with Crippen LogP contribution in [0.4, 0.5) is 0 Å². The van der Waals surface area contributed by atoms with Gasteiger partial charge in [-0.05, 0) is 43.7 Å². The van der Waals surface area contributed by atoms with Gasteiger partial charge in [0.25, 0.3) is 0 Å². The summed E-state index contributed by atoms with van der Waals surface area (Å²) in [4.78, 5) is 2.44. The molecule has 0 aliphatic rings. The number of rotatable bonds is 4. The van der Waals surface area contributed by atoms with Crippen LogP contribution in [0.15, 0.2) is 34.8 Å². The Hall–Kier alpha value is -0.510. The lowest BCUT2D eigenvalue weighted by Gasteiger charge is -2.12. The van der Waals surface area contributed by atoms with E-state index in [1.807, 2.05) is 25.1 Å². The zero-order chi connectivity index (χ0) is 13.1. The summed E-state index contributed by atoms with van der Waals surface area (Å²) in [6.07, 6.45) is 0. The summed E-state index contributed by atoms with van der Waals surface area (Å²) in [7, 11) is 0. The average Bonchev–Trinajstić information content (AvgIpc) is 2.76. The highest BCUT2D eigenvalue weighted by Crippen LogP contribution is 2.38. The van der Waals surface area contributed by atoms with E-state index >= 15 is 0 Å². The number of hydrogen-bond acceptors (Lipinski definition) is 2. The van der Waals surface area contributed by atoms with Gasteiger partial charge in [0.1, 0.15) is 5.75 Å². The molecular weight excluding hydrogens is 332 g/mol. The number of benzene rings is 1. The van der Waals surface area contributed by atoms with Crippen LogP contribution in [-0.4, -0.2) is 6.61 Å². The molecule has 4 heteroatoms. The van der Waals surface area contributed by atoms with Gasteiger partial charge < -0.3 is 4.74 Å². The second-order valence-electron chi connectivity index (χ2n) is 3.93. The summed E-state index contributed by atoms with van der Waals surface area (Å²) in [5.74, 6) is 0.861. The largest absolute Gasteiger partial charge is 0.494 e. The number of aryl methyl sites for hydroxylation is 1. The van der Waals surface area contributed by atoms with Gasteiger partial charge in [-0.25, -0.2) is 0 Å². The zero-order valence-corrected chi connectivity index (χ0v) is 13.4. The van der Waals surface area contributed by atoms with Crippen LogP contribution in [-0.2, 0) is 0 Å². The summed E-state index contributed by atoms with van der Waals surface area (Å²) in [5, 5.41) is -0.117. The normalized spacial score (nSPS) is 12.4. The number of ether oxygens (including phenoxy) is 1. The van der Waals surface area contributed by atoms with Crippen LogP contribution in [0, 0.1) is 6.92 Å². The highest BCUT2D eigenvalue weighted by Gasteiger charge is 2.16. The third-order valence-corrected chi connectivity index (χ3v) is 4.92. The standard InChI is InChI=1S/C14H14BrClOS/c1-3-17-10-5-6-11(12(15)8-10)14(16)13-7-4-9(2)18-13/h4-8,14H,3H2,1-2H3. The number of halogens is 2. The van der Waals surface area contributed by atoms with Crippen molar-refractivity contribution in [2.45, 2.75) is 19.2 Å². The fraction of sp³-hybridized carbons (Fsp3) is 0.286. The van der Waals surface area contributed by atoms with E-state index < -0.39 is 0 Å². The maximum absolute atomic E-state index is 6.52. The minimum absolute atomic E-state index is 0.117. The van der Waals surface area contributed by atoms with E-state index in [9.17, 15) is 0 Å². The van der Waals surface area contributed by atoms with Crippen LogP contribution >= 0.6 is 38.9 Å². The Kier molecular flexibility index (Phi) is 4.71. The third kappa shape index (κ3) is 3.08. The lowest BCUT2D eigenvalue weighted by atomic mass is 10.1. The average molecular weight is 346 g/mol. The quantitative estimate of drug-likeness (QED) is 0.660. The highest BCUT2D eigenvalue weighted by atomic mass is 79.9. The van der Waals surface area contributed by atoms with Crippen molar-refractivity contribution in [3.63, 3.8) is 0 Å². The van der Waals surface area contributed by atoms with Gasteiger partial charge in [-0.1, -0.05) is 22.0 Å². The maximum atomic E-state index is 6.52. The van der Waals surface area contributed by atoms with Gasteiger partial charge in [-0.3, -0.25) is 0 Å². The molecule has 96 valence electrons. The molecule has 0 aliphatic heterocycles. The fourth-order valence-corrected chi connectivity index (χ4v) is 3.70. The molecule has 1 nitrogen and oxygen atoms in total. The third-order valence-electron chi connectivity index (χ3n) is 2.57. The van der Waals surface area contributed by atoms with Crippen LogP contribution in [0.3, 0.4) is 0 Å². The molecule has 0 fully saturated rings. The second kappa shape index (κ2) is 6.09. The summed E-state index contributed by atoms with van der Waals surface area (Å²) < 4.78 is 6.45. The Morgan fingerprint density at radius 1 is 1.33 bits per heavy atom. The fourth-order valence-electron chi connectivity index (χ4n) is 1.71. The van der Waals surface area contributed by atoms with E-state index in [4.69, 9.17) is 16.3 Å². The van der Waals surface area contributed by atoms with Crippen molar-refractivity contribution in [2.75, 3.05) is 6.61 Å². The van der Waals surface area contributed by atoms with E-state index in [1.54, 1.807) is 11.3 Å². The molecule has 2 rings (SSSR count). The molecule has 0 spiro atoms. The topological polar surface area (TPSA) is 9.23 Å². The van der Waals surface area contributed by atoms with Gasteiger partial charge in [0.2, 0.25) is 0 Å². The van der Waals surface area contributed by atoms with Crippen LogP contribution in [0.25, 0.3) is 0 Å². The second-order valence-corrected chi connectivity index (χ2v) is 6.54. The molecule has 1 atom stereocenters. The van der Waals surface area contributed by atoms with E-state index in [0.29, 0.717) is 6.61 Å². The maximum Gasteiger partial charge on any atom is 0.120 e. The molecule has 0 aliphatic carbocycles. The van der Waals surface area contributed by atoms with Gasteiger partial charge in [-0.15, -0.1) is 22.9 Å². The van der Waals surface area contributed by atoms with Crippen LogP contribution in [0.2, 0.25) is 0 Å². The Morgan fingerprint density at radius 3 is 2.67 bits per heavy atom. The molecule has 0 radical (unpaired) electrons. The van der Waals surface area contributed by atoms with E-state index in [2.05, 4.69) is 35.0 Å². The Bertz CT molecular complexity index is 538. The summed E-state index contributed by atoms with van der Waals surface area (Å²) in [6, 6.07) is 10.1. The summed E-state index contributed by atoms with van der Waals surface area (Å²) >= 11 is 11.8. The van der Waals surface area contributed by atoms with Crippen molar-refractivity contribution in [1.29, 1.82) is 0 Å². The number of thiophene rings is 1. The van der Waals surface area contributed by atoms with Gasteiger partial charge in [-0.2, -0.15) is 0 Å². The molecular formula is C14H14BrClOS. The SMILES string of the molecule is CCOc1ccc(C(Cl)c2ccc(C)s2)c(Br)c1. The summed E-state index contributed by atoms with van der Waals surface area (Å²) in [5.41, 5.74) is 1.07. The van der Waals surface area contributed by atoms with Crippen LogP contribution in [0.5, 0.6) is 5.75 Å². The van der Waals surface area contributed by atoms with E-state index in [0.717, 1.165) is 15.8 Å². The first-order chi connectivity index (χ1) is 8.61. The Balaban J connectivity index is 2.28. The molecule has 0 N–H and O–H groups in total. The minimum atomic E-state index is -0.117. The van der Waals surface area contributed by atoms with Crippen LogP contribution in [0.1, 0.15) is 27.6 Å². The predicted molar refractivity (Wildman–Crippen MR) is 82.1 cm³/mol. The van der Waals surface area contributed by atoms with Crippen molar-refractivity contribution in [1.82, 2.24) is 0 Å². The monoisotopic (exact) mass is 344 g/mol. The molecule has 0 bridgehead atoms. The Morgan fingerprint density at radius 2 is 2.11 bits per heavy atom. The molecule has 1 aromatic heterocycles. The molecule has 1 heterocycles. The molecule has 1 unspecified atom stereocenters. The first-order valence-electron chi connectivity index (χ1n) is 5.74.